The van der Waals surface area contributed by atoms with Crippen LogP contribution in [-0.4, -0.2) is 21.0 Å². The van der Waals surface area contributed by atoms with Crippen LogP contribution in [0.3, 0.4) is 0 Å². The number of pyridine rings is 1. The van der Waals surface area contributed by atoms with Gasteiger partial charge in [-0.15, -0.1) is 0 Å². The van der Waals surface area contributed by atoms with Gasteiger partial charge in [-0.1, -0.05) is 24.9 Å². The van der Waals surface area contributed by atoms with Gasteiger partial charge in [-0.25, -0.2) is 0 Å². The molecule has 6 nitrogen and oxygen atoms in total. The van der Waals surface area contributed by atoms with Crippen LogP contribution in [-0.2, 0) is 5.41 Å². The SMILES string of the molecule is CCC1(c2noc(-c3ccc(C(N)=O)cn3)n2)CCCC1. The Bertz CT molecular complexity index is 642. The summed E-state index contributed by atoms with van der Waals surface area (Å²) in [6, 6.07) is 3.28. The largest absolute Gasteiger partial charge is 0.366 e. The number of hydrogen-bond donors (Lipinski definition) is 1. The zero-order valence-electron chi connectivity index (χ0n) is 12.0. The monoisotopic (exact) mass is 286 g/mol. The summed E-state index contributed by atoms with van der Waals surface area (Å²) in [5, 5.41) is 4.16. The molecule has 6 heteroatoms. The van der Waals surface area contributed by atoms with E-state index in [9.17, 15) is 4.79 Å². The number of hydrogen-bond acceptors (Lipinski definition) is 5. The number of carbonyl (C=O) groups is 1. The van der Waals surface area contributed by atoms with E-state index in [-0.39, 0.29) is 5.41 Å². The van der Waals surface area contributed by atoms with Gasteiger partial charge in [0.2, 0.25) is 5.91 Å². The van der Waals surface area contributed by atoms with Crippen molar-refractivity contribution in [1.29, 1.82) is 0 Å². The Balaban J connectivity index is 1.89. The topological polar surface area (TPSA) is 94.9 Å². The molecule has 1 amide bonds. The Morgan fingerprint density at radius 2 is 2.14 bits per heavy atom. The predicted octanol–water partition coefficient (Wildman–Crippen LogP) is 2.45. The Morgan fingerprint density at radius 3 is 2.71 bits per heavy atom. The molecule has 1 fully saturated rings. The maximum absolute atomic E-state index is 11.0. The van der Waals surface area contributed by atoms with Crippen LogP contribution >= 0.6 is 0 Å². The highest BCUT2D eigenvalue weighted by molar-refractivity contribution is 5.92. The molecule has 0 aromatic carbocycles. The summed E-state index contributed by atoms with van der Waals surface area (Å²) in [5.74, 6) is 0.662. The first-order valence-corrected chi connectivity index (χ1v) is 7.25. The minimum Gasteiger partial charge on any atom is -0.366 e. The number of primary amides is 1. The molecule has 1 aliphatic carbocycles. The number of nitrogens with two attached hydrogens (primary N) is 1. The van der Waals surface area contributed by atoms with Crippen LogP contribution in [0.4, 0.5) is 0 Å². The summed E-state index contributed by atoms with van der Waals surface area (Å²) in [4.78, 5) is 19.7. The second kappa shape index (κ2) is 5.27. The summed E-state index contributed by atoms with van der Waals surface area (Å²) in [7, 11) is 0. The van der Waals surface area contributed by atoms with Crippen molar-refractivity contribution in [1.82, 2.24) is 15.1 Å². The molecule has 0 radical (unpaired) electrons. The standard InChI is InChI=1S/C15H18N4O2/c1-2-15(7-3-4-8-15)14-18-13(21-19-14)11-6-5-10(9-17-11)12(16)20/h5-6,9H,2-4,7-8H2,1H3,(H2,16,20). The minimum atomic E-state index is -0.504. The summed E-state index contributed by atoms with van der Waals surface area (Å²) < 4.78 is 5.35. The van der Waals surface area contributed by atoms with Gasteiger partial charge in [-0.3, -0.25) is 9.78 Å². The Hall–Kier alpha value is -2.24. The third-order valence-electron chi connectivity index (χ3n) is 4.40. The lowest BCUT2D eigenvalue weighted by Gasteiger charge is -2.22. The van der Waals surface area contributed by atoms with Crippen LogP contribution in [0, 0.1) is 0 Å². The molecule has 2 N–H and O–H groups in total. The van der Waals surface area contributed by atoms with Gasteiger partial charge in [0.05, 0.1) is 5.56 Å². The van der Waals surface area contributed by atoms with E-state index in [0.717, 1.165) is 25.1 Å². The molecule has 21 heavy (non-hydrogen) atoms. The third-order valence-corrected chi connectivity index (χ3v) is 4.40. The number of carbonyl (C=O) groups excluding carboxylic acids is 1. The van der Waals surface area contributed by atoms with Crippen molar-refractivity contribution in [2.45, 2.75) is 44.4 Å². The van der Waals surface area contributed by atoms with Crippen LogP contribution in [0.15, 0.2) is 22.9 Å². The van der Waals surface area contributed by atoms with Gasteiger partial charge in [0.1, 0.15) is 5.69 Å². The Kier molecular flexibility index (Phi) is 3.45. The number of nitrogens with zero attached hydrogens (tertiary/aromatic N) is 3. The van der Waals surface area contributed by atoms with Gasteiger partial charge in [-0.2, -0.15) is 4.98 Å². The molecular weight excluding hydrogens is 268 g/mol. The third kappa shape index (κ3) is 2.41. The molecule has 110 valence electrons. The highest BCUT2D eigenvalue weighted by atomic mass is 16.5. The van der Waals surface area contributed by atoms with Crippen molar-refractivity contribution in [3.63, 3.8) is 0 Å². The molecular formula is C15H18N4O2. The average Bonchev–Trinajstić information content (AvgIpc) is 3.17. The highest BCUT2D eigenvalue weighted by Gasteiger charge is 2.38. The lowest BCUT2D eigenvalue weighted by molar-refractivity contribution is 0.1000. The van der Waals surface area contributed by atoms with Gasteiger partial charge >= 0.3 is 0 Å². The molecule has 2 heterocycles. The number of amides is 1. The van der Waals surface area contributed by atoms with Crippen LogP contribution in [0.2, 0.25) is 0 Å². The molecule has 0 unspecified atom stereocenters. The highest BCUT2D eigenvalue weighted by Crippen LogP contribution is 2.42. The summed E-state index contributed by atoms with van der Waals surface area (Å²) in [6.07, 6.45) is 7.08. The molecule has 3 rings (SSSR count). The Morgan fingerprint density at radius 1 is 1.38 bits per heavy atom. The molecule has 0 saturated heterocycles. The fourth-order valence-corrected chi connectivity index (χ4v) is 3.00. The molecule has 1 saturated carbocycles. The molecule has 0 spiro atoms. The fraction of sp³-hybridized carbons (Fsp3) is 0.467. The van der Waals surface area contributed by atoms with Crippen molar-refractivity contribution < 1.29 is 9.32 Å². The van der Waals surface area contributed by atoms with Gasteiger partial charge in [0.15, 0.2) is 5.82 Å². The maximum atomic E-state index is 11.0. The lowest BCUT2D eigenvalue weighted by Crippen LogP contribution is -2.22. The first kappa shape index (κ1) is 13.7. The van der Waals surface area contributed by atoms with Gasteiger partial charge in [0, 0.05) is 11.6 Å². The van der Waals surface area contributed by atoms with E-state index in [2.05, 4.69) is 22.0 Å². The second-order valence-corrected chi connectivity index (χ2v) is 5.56. The molecule has 2 aromatic heterocycles. The average molecular weight is 286 g/mol. The van der Waals surface area contributed by atoms with E-state index in [0.29, 0.717) is 17.1 Å². The molecule has 2 aromatic rings. The van der Waals surface area contributed by atoms with Gasteiger partial charge < -0.3 is 10.3 Å². The molecule has 0 aliphatic heterocycles. The van der Waals surface area contributed by atoms with Gasteiger partial charge in [0.25, 0.3) is 5.89 Å². The first-order chi connectivity index (χ1) is 10.1. The van der Waals surface area contributed by atoms with Crippen molar-refractivity contribution >= 4 is 5.91 Å². The zero-order chi connectivity index (χ0) is 14.9. The summed E-state index contributed by atoms with van der Waals surface area (Å²) in [6.45, 7) is 2.17. The van der Waals surface area contributed by atoms with E-state index in [1.54, 1.807) is 12.1 Å². The van der Waals surface area contributed by atoms with Crippen molar-refractivity contribution in [2.75, 3.05) is 0 Å². The van der Waals surface area contributed by atoms with Crippen LogP contribution in [0.25, 0.3) is 11.6 Å². The van der Waals surface area contributed by atoms with E-state index < -0.39 is 5.91 Å². The minimum absolute atomic E-state index is 0.0505. The quantitative estimate of drug-likeness (QED) is 0.931. The Labute approximate surface area is 122 Å². The van der Waals surface area contributed by atoms with E-state index in [1.807, 2.05) is 0 Å². The zero-order valence-corrected chi connectivity index (χ0v) is 12.0. The van der Waals surface area contributed by atoms with Crippen molar-refractivity contribution in [3.8, 4) is 11.6 Å². The lowest BCUT2D eigenvalue weighted by atomic mass is 9.83. The fourth-order valence-electron chi connectivity index (χ4n) is 3.00. The number of rotatable bonds is 4. The van der Waals surface area contributed by atoms with E-state index in [4.69, 9.17) is 10.3 Å². The van der Waals surface area contributed by atoms with Crippen molar-refractivity contribution in [3.05, 3.63) is 29.7 Å². The van der Waals surface area contributed by atoms with E-state index >= 15 is 0 Å². The van der Waals surface area contributed by atoms with Crippen LogP contribution < -0.4 is 5.73 Å². The molecule has 1 aliphatic rings. The maximum Gasteiger partial charge on any atom is 0.276 e. The van der Waals surface area contributed by atoms with Gasteiger partial charge in [-0.05, 0) is 31.4 Å². The summed E-state index contributed by atoms with van der Waals surface area (Å²) in [5.41, 5.74) is 6.16. The predicted molar refractivity (Wildman–Crippen MR) is 76.5 cm³/mol. The van der Waals surface area contributed by atoms with E-state index in [1.165, 1.54) is 19.0 Å². The number of aromatic nitrogens is 3. The smallest absolute Gasteiger partial charge is 0.276 e. The van der Waals surface area contributed by atoms with Crippen LogP contribution in [0.1, 0.15) is 55.2 Å². The second-order valence-electron chi connectivity index (χ2n) is 5.56. The first-order valence-electron chi connectivity index (χ1n) is 7.25. The van der Waals surface area contributed by atoms with Crippen LogP contribution in [0.5, 0.6) is 0 Å². The van der Waals surface area contributed by atoms with Crippen molar-refractivity contribution in [2.24, 2.45) is 5.73 Å². The molecule has 0 atom stereocenters. The molecule has 0 bridgehead atoms. The summed E-state index contributed by atoms with van der Waals surface area (Å²) >= 11 is 0. The normalized spacial score (nSPS) is 17.0.